The maximum Gasteiger partial charge on any atom is 0.146 e. The van der Waals surface area contributed by atoms with Crippen LogP contribution >= 0.6 is 0 Å². The van der Waals surface area contributed by atoms with Gasteiger partial charge in [0.15, 0.2) is 0 Å². The Kier molecular flexibility index (Phi) is 6.08. The number of pyridine rings is 1. The van der Waals surface area contributed by atoms with Gasteiger partial charge in [-0.05, 0) is 18.4 Å². The van der Waals surface area contributed by atoms with Crippen molar-refractivity contribution >= 4 is 0 Å². The average Bonchev–Trinajstić information content (AvgIpc) is 2.36. The van der Waals surface area contributed by atoms with E-state index in [4.69, 9.17) is 5.84 Å². The molecule has 1 rings (SSSR count). The third-order valence-corrected chi connectivity index (χ3v) is 3.24. The molecule has 4 heteroatoms. The molecule has 2 atom stereocenters. The maximum atomic E-state index is 13.7. The summed E-state index contributed by atoms with van der Waals surface area (Å²) >= 11 is 0. The highest BCUT2D eigenvalue weighted by Crippen LogP contribution is 2.29. The van der Waals surface area contributed by atoms with Gasteiger partial charge in [0.2, 0.25) is 0 Å². The number of hydrogen-bond acceptors (Lipinski definition) is 3. The average molecular weight is 239 g/mol. The van der Waals surface area contributed by atoms with Gasteiger partial charge in [0.05, 0.1) is 12.2 Å². The van der Waals surface area contributed by atoms with E-state index in [-0.39, 0.29) is 11.9 Å². The summed E-state index contributed by atoms with van der Waals surface area (Å²) in [5.74, 6) is 5.66. The molecule has 0 saturated heterocycles. The predicted octanol–water partition coefficient (Wildman–Crippen LogP) is 2.94. The second kappa shape index (κ2) is 7.35. The number of unbranched alkanes of at least 4 members (excludes halogenated alkanes) is 1. The molecule has 0 bridgehead atoms. The van der Waals surface area contributed by atoms with Crippen LogP contribution in [0.15, 0.2) is 18.5 Å². The first-order valence-corrected chi connectivity index (χ1v) is 6.30. The highest BCUT2D eigenvalue weighted by Gasteiger charge is 2.22. The van der Waals surface area contributed by atoms with Gasteiger partial charge in [0.1, 0.15) is 5.82 Å². The molecule has 0 aliphatic rings. The van der Waals surface area contributed by atoms with Crippen LogP contribution in [0.2, 0.25) is 0 Å². The van der Waals surface area contributed by atoms with Crippen LogP contribution in [0.25, 0.3) is 0 Å². The smallest absolute Gasteiger partial charge is 0.146 e. The van der Waals surface area contributed by atoms with E-state index in [1.54, 1.807) is 12.3 Å². The lowest BCUT2D eigenvalue weighted by molar-refractivity contribution is 0.319. The van der Waals surface area contributed by atoms with E-state index in [1.165, 1.54) is 6.20 Å². The molecule has 0 aromatic carbocycles. The van der Waals surface area contributed by atoms with E-state index in [0.717, 1.165) is 25.7 Å². The summed E-state index contributed by atoms with van der Waals surface area (Å²) < 4.78 is 13.7. The molecule has 0 spiro atoms. The van der Waals surface area contributed by atoms with Crippen LogP contribution in [0.3, 0.4) is 0 Å². The lowest BCUT2D eigenvalue weighted by Crippen LogP contribution is -2.34. The Hall–Kier alpha value is -1.00. The van der Waals surface area contributed by atoms with Crippen molar-refractivity contribution in [3.63, 3.8) is 0 Å². The van der Waals surface area contributed by atoms with Gasteiger partial charge in [-0.3, -0.25) is 16.3 Å². The molecule has 2 unspecified atom stereocenters. The molecule has 0 radical (unpaired) electrons. The molecule has 0 saturated carbocycles. The fraction of sp³-hybridized carbons (Fsp3) is 0.615. The molecule has 17 heavy (non-hydrogen) atoms. The Balaban J connectivity index is 2.85. The third kappa shape index (κ3) is 3.75. The van der Waals surface area contributed by atoms with Crippen LogP contribution in [0.5, 0.6) is 0 Å². The first-order chi connectivity index (χ1) is 8.24. The number of nitrogens with two attached hydrogens (primary N) is 1. The van der Waals surface area contributed by atoms with Crippen molar-refractivity contribution in [2.75, 3.05) is 0 Å². The molecular weight excluding hydrogens is 217 g/mol. The number of rotatable bonds is 7. The van der Waals surface area contributed by atoms with Crippen molar-refractivity contribution in [3.05, 3.63) is 29.8 Å². The summed E-state index contributed by atoms with van der Waals surface area (Å²) in [6.45, 7) is 4.27. The van der Waals surface area contributed by atoms with Crippen molar-refractivity contribution in [2.24, 2.45) is 11.8 Å². The Labute approximate surface area is 103 Å². The topological polar surface area (TPSA) is 50.9 Å². The van der Waals surface area contributed by atoms with E-state index < -0.39 is 0 Å². The fourth-order valence-corrected chi connectivity index (χ4v) is 2.19. The van der Waals surface area contributed by atoms with Gasteiger partial charge in [-0.15, -0.1) is 0 Å². The van der Waals surface area contributed by atoms with Crippen LogP contribution in [0, 0.1) is 11.7 Å². The van der Waals surface area contributed by atoms with E-state index >= 15 is 0 Å². The molecule has 0 fully saturated rings. The first kappa shape index (κ1) is 14.1. The van der Waals surface area contributed by atoms with Crippen LogP contribution < -0.4 is 11.3 Å². The standard InChI is InChI=1S/C13H22FN3/c1-3-5-6-10(4-2)13(17-15)11-7-8-16-9-12(11)14/h7-10,13,17H,3-6,15H2,1-2H3. The first-order valence-electron chi connectivity index (χ1n) is 6.30. The van der Waals surface area contributed by atoms with Crippen LogP contribution in [-0.4, -0.2) is 4.98 Å². The van der Waals surface area contributed by atoms with Crippen molar-refractivity contribution < 1.29 is 4.39 Å². The summed E-state index contributed by atoms with van der Waals surface area (Å²) in [7, 11) is 0. The van der Waals surface area contributed by atoms with Crippen molar-refractivity contribution in [1.82, 2.24) is 10.4 Å². The van der Waals surface area contributed by atoms with Gasteiger partial charge >= 0.3 is 0 Å². The largest absolute Gasteiger partial charge is 0.271 e. The van der Waals surface area contributed by atoms with Gasteiger partial charge in [0.25, 0.3) is 0 Å². The van der Waals surface area contributed by atoms with Gasteiger partial charge in [-0.2, -0.15) is 0 Å². The van der Waals surface area contributed by atoms with Gasteiger partial charge in [-0.25, -0.2) is 4.39 Å². The molecule has 0 aliphatic heterocycles. The van der Waals surface area contributed by atoms with Crippen LogP contribution in [0.1, 0.15) is 51.1 Å². The number of nitrogens with zero attached hydrogens (tertiary/aromatic N) is 1. The molecule has 3 nitrogen and oxygen atoms in total. The quantitative estimate of drug-likeness (QED) is 0.568. The number of nitrogens with one attached hydrogen (secondary N) is 1. The van der Waals surface area contributed by atoms with Crippen molar-refractivity contribution in [3.8, 4) is 0 Å². The summed E-state index contributed by atoms with van der Waals surface area (Å²) in [4.78, 5) is 3.77. The summed E-state index contributed by atoms with van der Waals surface area (Å²) in [5.41, 5.74) is 3.37. The van der Waals surface area contributed by atoms with Crippen molar-refractivity contribution in [2.45, 2.75) is 45.6 Å². The van der Waals surface area contributed by atoms with Gasteiger partial charge in [0, 0.05) is 11.8 Å². The minimum atomic E-state index is -0.287. The molecule has 0 amide bonds. The Bertz CT molecular complexity index is 330. The monoisotopic (exact) mass is 239 g/mol. The summed E-state index contributed by atoms with van der Waals surface area (Å²) in [6.07, 6.45) is 7.18. The molecule has 96 valence electrons. The van der Waals surface area contributed by atoms with E-state index in [1.807, 2.05) is 0 Å². The highest BCUT2D eigenvalue weighted by molar-refractivity contribution is 5.18. The Morgan fingerprint density at radius 2 is 2.24 bits per heavy atom. The SMILES string of the molecule is CCCCC(CC)C(NN)c1ccncc1F. The van der Waals surface area contributed by atoms with E-state index in [2.05, 4.69) is 24.3 Å². The lowest BCUT2D eigenvalue weighted by Gasteiger charge is -2.26. The van der Waals surface area contributed by atoms with E-state index in [9.17, 15) is 4.39 Å². The maximum absolute atomic E-state index is 13.7. The zero-order valence-corrected chi connectivity index (χ0v) is 10.6. The molecule has 1 aromatic heterocycles. The fourth-order valence-electron chi connectivity index (χ4n) is 2.19. The zero-order chi connectivity index (χ0) is 12.7. The molecule has 1 heterocycles. The molecule has 1 aromatic rings. The van der Waals surface area contributed by atoms with Crippen LogP contribution in [0.4, 0.5) is 4.39 Å². The lowest BCUT2D eigenvalue weighted by atomic mass is 9.87. The number of aromatic nitrogens is 1. The minimum absolute atomic E-state index is 0.130. The Morgan fingerprint density at radius 3 is 2.76 bits per heavy atom. The Morgan fingerprint density at radius 1 is 1.47 bits per heavy atom. The van der Waals surface area contributed by atoms with E-state index in [0.29, 0.717) is 11.5 Å². The summed E-state index contributed by atoms with van der Waals surface area (Å²) in [6, 6.07) is 1.57. The minimum Gasteiger partial charge on any atom is -0.271 e. The van der Waals surface area contributed by atoms with Gasteiger partial charge in [-0.1, -0.05) is 33.1 Å². The second-order valence-electron chi connectivity index (χ2n) is 4.35. The molecule has 0 aliphatic carbocycles. The number of halogens is 1. The zero-order valence-electron chi connectivity index (χ0n) is 10.6. The predicted molar refractivity (Wildman–Crippen MR) is 67.6 cm³/mol. The third-order valence-electron chi connectivity index (χ3n) is 3.24. The molecule has 3 N–H and O–H groups in total. The van der Waals surface area contributed by atoms with Crippen molar-refractivity contribution in [1.29, 1.82) is 0 Å². The molecular formula is C13H22FN3. The van der Waals surface area contributed by atoms with Crippen LogP contribution in [-0.2, 0) is 0 Å². The number of hydrogen-bond donors (Lipinski definition) is 2. The summed E-state index contributed by atoms with van der Waals surface area (Å²) in [5, 5.41) is 0. The normalized spacial score (nSPS) is 14.6. The second-order valence-corrected chi connectivity index (χ2v) is 4.35. The van der Waals surface area contributed by atoms with Gasteiger partial charge < -0.3 is 0 Å². The number of hydrazine groups is 1. The highest BCUT2D eigenvalue weighted by atomic mass is 19.1.